The van der Waals surface area contributed by atoms with Gasteiger partial charge in [0.25, 0.3) is 5.91 Å². The third-order valence-corrected chi connectivity index (χ3v) is 2.92. The predicted octanol–water partition coefficient (Wildman–Crippen LogP) is 1.55. The lowest BCUT2D eigenvalue weighted by Crippen LogP contribution is -2.41. The summed E-state index contributed by atoms with van der Waals surface area (Å²) in [6, 6.07) is 1.87. The van der Waals surface area contributed by atoms with Gasteiger partial charge in [0.15, 0.2) is 6.61 Å². The Balaban J connectivity index is 2.69. The Morgan fingerprint density at radius 1 is 1.35 bits per heavy atom. The number of amides is 1. The standard InChI is InChI=1S/C14H17F3N2O4/c1-8(2)11(6-20)19-12(21)10-4-3-9(5-18-10)13(22)23-7-14(15,16)17/h3-5,8,11,20H,6-7H2,1-2H3,(H,19,21)/t11-/m1/s1. The minimum Gasteiger partial charge on any atom is -0.452 e. The van der Waals surface area contributed by atoms with Gasteiger partial charge >= 0.3 is 12.1 Å². The normalized spacial score (nSPS) is 12.8. The van der Waals surface area contributed by atoms with Gasteiger partial charge in [0.2, 0.25) is 0 Å². The van der Waals surface area contributed by atoms with Gasteiger partial charge in [-0.3, -0.25) is 9.78 Å². The van der Waals surface area contributed by atoms with E-state index in [1.807, 2.05) is 13.8 Å². The number of aliphatic hydroxyl groups excluding tert-OH is 1. The van der Waals surface area contributed by atoms with E-state index in [0.29, 0.717) is 0 Å². The molecule has 23 heavy (non-hydrogen) atoms. The highest BCUT2D eigenvalue weighted by atomic mass is 19.4. The zero-order valence-corrected chi connectivity index (χ0v) is 12.6. The lowest BCUT2D eigenvalue weighted by Gasteiger charge is -2.19. The molecule has 0 unspecified atom stereocenters. The Labute approximate surface area is 130 Å². The number of carbonyl (C=O) groups excluding carboxylic acids is 2. The van der Waals surface area contributed by atoms with Crippen LogP contribution in [0.4, 0.5) is 13.2 Å². The quantitative estimate of drug-likeness (QED) is 0.771. The average molecular weight is 334 g/mol. The van der Waals surface area contributed by atoms with E-state index in [-0.39, 0.29) is 23.8 Å². The molecule has 0 aliphatic rings. The van der Waals surface area contributed by atoms with E-state index >= 15 is 0 Å². The van der Waals surface area contributed by atoms with E-state index in [1.54, 1.807) is 0 Å². The number of ether oxygens (including phenoxy) is 1. The minimum absolute atomic E-state index is 0.000527. The van der Waals surface area contributed by atoms with Crippen LogP contribution < -0.4 is 5.32 Å². The van der Waals surface area contributed by atoms with Crippen LogP contribution in [-0.2, 0) is 4.74 Å². The van der Waals surface area contributed by atoms with E-state index < -0.39 is 30.7 Å². The fourth-order valence-electron chi connectivity index (χ4n) is 1.55. The number of nitrogens with one attached hydrogen (secondary N) is 1. The van der Waals surface area contributed by atoms with Crippen molar-refractivity contribution in [2.24, 2.45) is 5.92 Å². The van der Waals surface area contributed by atoms with Gasteiger partial charge in [-0.25, -0.2) is 4.79 Å². The Hall–Kier alpha value is -2.16. The number of alkyl halides is 3. The average Bonchev–Trinajstić information content (AvgIpc) is 2.49. The van der Waals surface area contributed by atoms with E-state index in [1.165, 1.54) is 6.07 Å². The fraction of sp³-hybridized carbons (Fsp3) is 0.500. The molecular formula is C14H17F3N2O4. The third kappa shape index (κ3) is 6.23. The molecule has 0 bridgehead atoms. The highest BCUT2D eigenvalue weighted by Crippen LogP contribution is 2.15. The molecule has 9 heteroatoms. The highest BCUT2D eigenvalue weighted by molar-refractivity contribution is 5.94. The van der Waals surface area contributed by atoms with Gasteiger partial charge in [0, 0.05) is 6.20 Å². The molecule has 1 atom stereocenters. The number of aliphatic hydroxyl groups is 1. The van der Waals surface area contributed by atoms with Gasteiger partial charge in [0.1, 0.15) is 5.69 Å². The van der Waals surface area contributed by atoms with Crippen LogP contribution in [0.5, 0.6) is 0 Å². The molecule has 0 radical (unpaired) electrons. The maximum absolute atomic E-state index is 12.0. The third-order valence-electron chi connectivity index (χ3n) is 2.92. The molecule has 1 aromatic heterocycles. The molecule has 0 fully saturated rings. The maximum Gasteiger partial charge on any atom is 0.422 e. The maximum atomic E-state index is 12.0. The van der Waals surface area contributed by atoms with Crippen LogP contribution >= 0.6 is 0 Å². The van der Waals surface area contributed by atoms with Crippen molar-refractivity contribution in [3.8, 4) is 0 Å². The molecule has 1 amide bonds. The van der Waals surface area contributed by atoms with Crippen LogP contribution in [0.1, 0.15) is 34.7 Å². The van der Waals surface area contributed by atoms with E-state index in [0.717, 1.165) is 12.3 Å². The second-order valence-electron chi connectivity index (χ2n) is 5.13. The van der Waals surface area contributed by atoms with Crippen molar-refractivity contribution in [3.05, 3.63) is 29.6 Å². The van der Waals surface area contributed by atoms with Gasteiger partial charge in [-0.2, -0.15) is 13.2 Å². The number of esters is 1. The number of hydrogen-bond acceptors (Lipinski definition) is 5. The van der Waals surface area contributed by atoms with Crippen molar-refractivity contribution >= 4 is 11.9 Å². The van der Waals surface area contributed by atoms with Crippen LogP contribution in [-0.4, -0.2) is 47.4 Å². The Kier molecular flexibility index (Phi) is 6.49. The van der Waals surface area contributed by atoms with Crippen LogP contribution in [0.25, 0.3) is 0 Å². The van der Waals surface area contributed by atoms with E-state index in [4.69, 9.17) is 5.11 Å². The van der Waals surface area contributed by atoms with Crippen LogP contribution in [0.2, 0.25) is 0 Å². The smallest absolute Gasteiger partial charge is 0.422 e. The summed E-state index contributed by atoms with van der Waals surface area (Å²) in [5, 5.41) is 11.7. The molecule has 128 valence electrons. The van der Waals surface area contributed by atoms with Crippen molar-refractivity contribution in [2.75, 3.05) is 13.2 Å². The second kappa shape index (κ2) is 7.91. The monoisotopic (exact) mass is 334 g/mol. The summed E-state index contributed by atoms with van der Waals surface area (Å²) in [6.45, 7) is 1.69. The molecule has 0 spiro atoms. The number of halogens is 3. The summed E-state index contributed by atoms with van der Waals surface area (Å²) in [5.74, 6) is -1.74. The lowest BCUT2D eigenvalue weighted by atomic mass is 10.1. The molecular weight excluding hydrogens is 317 g/mol. The molecule has 1 rings (SSSR count). The number of pyridine rings is 1. The SMILES string of the molecule is CC(C)[C@@H](CO)NC(=O)c1ccc(C(=O)OCC(F)(F)F)cn1. The number of hydrogen-bond donors (Lipinski definition) is 2. The van der Waals surface area contributed by atoms with Crippen molar-refractivity contribution in [1.82, 2.24) is 10.3 Å². The van der Waals surface area contributed by atoms with Crippen molar-refractivity contribution in [3.63, 3.8) is 0 Å². The second-order valence-corrected chi connectivity index (χ2v) is 5.13. The van der Waals surface area contributed by atoms with Gasteiger partial charge in [-0.1, -0.05) is 13.8 Å². The number of rotatable bonds is 6. The van der Waals surface area contributed by atoms with Crippen molar-refractivity contribution in [2.45, 2.75) is 26.1 Å². The summed E-state index contributed by atoms with van der Waals surface area (Å²) in [7, 11) is 0. The van der Waals surface area contributed by atoms with Gasteiger partial charge in [-0.15, -0.1) is 0 Å². The molecule has 0 saturated carbocycles. The molecule has 1 heterocycles. The summed E-state index contributed by atoms with van der Waals surface area (Å²) < 4.78 is 39.9. The molecule has 0 aliphatic carbocycles. The molecule has 6 nitrogen and oxygen atoms in total. The summed E-state index contributed by atoms with van der Waals surface area (Å²) in [6.07, 6.45) is -3.66. The summed E-state index contributed by atoms with van der Waals surface area (Å²) in [4.78, 5) is 27.0. The Morgan fingerprint density at radius 3 is 2.43 bits per heavy atom. The van der Waals surface area contributed by atoms with Crippen molar-refractivity contribution < 1.29 is 32.6 Å². The Morgan fingerprint density at radius 2 is 2.00 bits per heavy atom. The van der Waals surface area contributed by atoms with Crippen LogP contribution in [0, 0.1) is 5.92 Å². The first-order chi connectivity index (χ1) is 10.6. The molecule has 1 aromatic rings. The molecule has 0 aromatic carbocycles. The van der Waals surface area contributed by atoms with Gasteiger partial charge < -0.3 is 15.2 Å². The topological polar surface area (TPSA) is 88.5 Å². The number of nitrogens with zero attached hydrogens (tertiary/aromatic N) is 1. The van der Waals surface area contributed by atoms with Crippen molar-refractivity contribution in [1.29, 1.82) is 0 Å². The van der Waals surface area contributed by atoms with E-state index in [2.05, 4.69) is 15.0 Å². The largest absolute Gasteiger partial charge is 0.452 e. The molecule has 2 N–H and O–H groups in total. The lowest BCUT2D eigenvalue weighted by molar-refractivity contribution is -0.161. The zero-order valence-electron chi connectivity index (χ0n) is 12.6. The highest BCUT2D eigenvalue weighted by Gasteiger charge is 2.30. The first-order valence-electron chi connectivity index (χ1n) is 6.75. The number of carbonyl (C=O) groups is 2. The first kappa shape index (κ1) is 18.9. The first-order valence-corrected chi connectivity index (χ1v) is 6.75. The fourth-order valence-corrected chi connectivity index (χ4v) is 1.55. The minimum atomic E-state index is -4.61. The van der Waals surface area contributed by atoms with Gasteiger partial charge in [-0.05, 0) is 18.1 Å². The number of aromatic nitrogens is 1. The predicted molar refractivity (Wildman–Crippen MR) is 73.8 cm³/mol. The summed E-state index contributed by atoms with van der Waals surface area (Å²) >= 11 is 0. The Bertz CT molecular complexity index is 544. The summed E-state index contributed by atoms with van der Waals surface area (Å²) in [5.41, 5.74) is -0.232. The molecule has 0 saturated heterocycles. The van der Waals surface area contributed by atoms with E-state index in [9.17, 15) is 22.8 Å². The van der Waals surface area contributed by atoms with Gasteiger partial charge in [0.05, 0.1) is 18.2 Å². The zero-order chi connectivity index (χ0) is 17.6. The van der Waals surface area contributed by atoms with Crippen LogP contribution in [0.3, 0.4) is 0 Å². The molecule has 0 aliphatic heterocycles. The van der Waals surface area contributed by atoms with Crippen LogP contribution in [0.15, 0.2) is 18.3 Å².